The summed E-state index contributed by atoms with van der Waals surface area (Å²) in [4.78, 5) is 0. The lowest BCUT2D eigenvalue weighted by Crippen LogP contribution is -1.98. The fourth-order valence-electron chi connectivity index (χ4n) is 1.40. The van der Waals surface area contributed by atoms with E-state index in [9.17, 15) is 9.60 Å². The van der Waals surface area contributed by atoms with Crippen molar-refractivity contribution in [3.05, 3.63) is 65.1 Å². The van der Waals surface area contributed by atoms with E-state index in [4.69, 9.17) is 5.11 Å². The van der Waals surface area contributed by atoms with E-state index >= 15 is 0 Å². The maximum absolute atomic E-state index is 12.9. The number of hydrogen-bond donors (Lipinski definition) is 1. The van der Waals surface area contributed by atoms with Gasteiger partial charge in [0, 0.05) is 17.7 Å². The Balaban J connectivity index is 2.30. The second kappa shape index (κ2) is 4.65. The second-order valence-electron chi connectivity index (χ2n) is 3.53. The first kappa shape index (κ1) is 11.1. The quantitative estimate of drug-likeness (QED) is 0.374. The van der Waals surface area contributed by atoms with Crippen molar-refractivity contribution in [1.29, 1.82) is 0 Å². The van der Waals surface area contributed by atoms with Gasteiger partial charge in [0.2, 0.25) is 5.69 Å². The largest absolute Gasteiger partial charge is 0.618 e. The predicted molar refractivity (Wildman–Crippen MR) is 63.0 cm³/mol. The minimum Gasteiger partial charge on any atom is -0.618 e. The van der Waals surface area contributed by atoms with Gasteiger partial charge in [0.1, 0.15) is 11.6 Å². The maximum atomic E-state index is 12.9. The van der Waals surface area contributed by atoms with Crippen LogP contribution in [0.2, 0.25) is 0 Å². The zero-order chi connectivity index (χ0) is 12.3. The summed E-state index contributed by atoms with van der Waals surface area (Å²) in [6.45, 7) is 0. The van der Waals surface area contributed by atoms with Gasteiger partial charge in [0.15, 0.2) is 6.21 Å². The fourth-order valence-corrected chi connectivity index (χ4v) is 1.40. The van der Waals surface area contributed by atoms with Crippen molar-refractivity contribution in [1.82, 2.24) is 0 Å². The summed E-state index contributed by atoms with van der Waals surface area (Å²) in [7, 11) is 0. The molecule has 0 heterocycles. The minimum absolute atomic E-state index is 0.0907. The van der Waals surface area contributed by atoms with Gasteiger partial charge in [-0.1, -0.05) is 6.07 Å². The van der Waals surface area contributed by atoms with Crippen molar-refractivity contribution < 1.29 is 14.2 Å². The molecule has 0 saturated heterocycles. The highest BCUT2D eigenvalue weighted by atomic mass is 19.1. The lowest BCUT2D eigenvalue weighted by atomic mass is 10.2. The average molecular weight is 231 g/mol. The van der Waals surface area contributed by atoms with Gasteiger partial charge >= 0.3 is 0 Å². The molecule has 17 heavy (non-hydrogen) atoms. The molecule has 0 spiro atoms. The van der Waals surface area contributed by atoms with Gasteiger partial charge in [-0.05, 0) is 30.3 Å². The number of rotatable bonds is 2. The Kier molecular flexibility index (Phi) is 3.05. The Morgan fingerprint density at radius 1 is 1.12 bits per heavy atom. The molecule has 0 aromatic heterocycles. The zero-order valence-corrected chi connectivity index (χ0v) is 8.88. The van der Waals surface area contributed by atoms with Crippen LogP contribution in [-0.4, -0.2) is 16.1 Å². The van der Waals surface area contributed by atoms with Gasteiger partial charge < -0.3 is 10.3 Å². The summed E-state index contributed by atoms with van der Waals surface area (Å²) >= 11 is 0. The van der Waals surface area contributed by atoms with Crippen LogP contribution in [-0.2, 0) is 0 Å². The number of phenolic OH excluding ortho intramolecular Hbond substituents is 1. The van der Waals surface area contributed by atoms with E-state index in [1.165, 1.54) is 48.7 Å². The minimum atomic E-state index is -0.391. The summed E-state index contributed by atoms with van der Waals surface area (Å²) in [5.74, 6) is -0.300. The first-order valence-electron chi connectivity index (χ1n) is 5.01. The van der Waals surface area contributed by atoms with E-state index in [2.05, 4.69) is 0 Å². The molecule has 0 unspecified atom stereocenters. The molecule has 0 aliphatic rings. The van der Waals surface area contributed by atoms with Crippen LogP contribution < -0.4 is 0 Å². The Bertz CT molecular complexity index is 550. The van der Waals surface area contributed by atoms with Crippen LogP contribution in [0.1, 0.15) is 5.56 Å². The van der Waals surface area contributed by atoms with E-state index < -0.39 is 5.82 Å². The van der Waals surface area contributed by atoms with Crippen molar-refractivity contribution in [2.75, 3.05) is 0 Å². The van der Waals surface area contributed by atoms with Crippen LogP contribution in [0.25, 0.3) is 0 Å². The van der Waals surface area contributed by atoms with Crippen molar-refractivity contribution in [3.8, 4) is 5.75 Å². The highest BCUT2D eigenvalue weighted by molar-refractivity contribution is 5.76. The molecule has 86 valence electrons. The number of hydrogen-bond acceptors (Lipinski definition) is 2. The van der Waals surface area contributed by atoms with Crippen LogP contribution >= 0.6 is 0 Å². The molecule has 0 aliphatic heterocycles. The molecule has 0 bridgehead atoms. The van der Waals surface area contributed by atoms with Gasteiger partial charge in [0.05, 0.1) is 0 Å². The van der Waals surface area contributed by atoms with Gasteiger partial charge in [-0.25, -0.2) is 4.39 Å². The molecule has 0 saturated carbocycles. The molecular formula is C13H10FNO2. The molecule has 2 aromatic rings. The Hall–Kier alpha value is -2.36. The second-order valence-corrected chi connectivity index (χ2v) is 3.53. The van der Waals surface area contributed by atoms with E-state index in [1.807, 2.05) is 0 Å². The molecule has 0 atom stereocenters. The van der Waals surface area contributed by atoms with Crippen molar-refractivity contribution in [2.24, 2.45) is 0 Å². The van der Waals surface area contributed by atoms with Gasteiger partial charge in [-0.2, -0.15) is 4.74 Å². The van der Waals surface area contributed by atoms with Crippen LogP contribution in [0, 0.1) is 11.0 Å². The van der Waals surface area contributed by atoms with Crippen LogP contribution in [0.5, 0.6) is 5.75 Å². The third kappa shape index (κ3) is 2.81. The maximum Gasteiger partial charge on any atom is 0.216 e. The third-order valence-electron chi connectivity index (χ3n) is 2.22. The number of nitrogens with zero attached hydrogens (tertiary/aromatic N) is 1. The molecule has 4 heteroatoms. The Labute approximate surface area is 97.7 Å². The van der Waals surface area contributed by atoms with Crippen molar-refractivity contribution in [3.63, 3.8) is 0 Å². The number of benzene rings is 2. The van der Waals surface area contributed by atoms with E-state index in [-0.39, 0.29) is 5.75 Å². The summed E-state index contributed by atoms with van der Waals surface area (Å²) in [5, 5.41) is 20.8. The summed E-state index contributed by atoms with van der Waals surface area (Å²) in [6, 6.07) is 11.5. The standard InChI is InChI=1S/C13H10FNO2/c14-11-3-1-2-10(8-11)9-15(17)12-4-6-13(16)7-5-12/h1-9,16H. The number of aromatic hydroxyl groups is 1. The summed E-state index contributed by atoms with van der Waals surface area (Å²) < 4.78 is 13.5. The molecular weight excluding hydrogens is 221 g/mol. The van der Waals surface area contributed by atoms with E-state index in [0.29, 0.717) is 16.0 Å². The lowest BCUT2D eigenvalue weighted by molar-refractivity contribution is -0.354. The summed E-state index contributed by atoms with van der Waals surface area (Å²) in [5.41, 5.74) is 0.847. The van der Waals surface area contributed by atoms with Crippen molar-refractivity contribution >= 4 is 11.9 Å². The average Bonchev–Trinajstić information content (AvgIpc) is 2.29. The highest BCUT2D eigenvalue weighted by Gasteiger charge is 2.02. The van der Waals surface area contributed by atoms with Gasteiger partial charge in [-0.15, -0.1) is 0 Å². The van der Waals surface area contributed by atoms with Crippen LogP contribution in [0.4, 0.5) is 10.1 Å². The van der Waals surface area contributed by atoms with Crippen LogP contribution in [0.3, 0.4) is 0 Å². The van der Waals surface area contributed by atoms with Crippen molar-refractivity contribution in [2.45, 2.75) is 0 Å². The highest BCUT2D eigenvalue weighted by Crippen LogP contribution is 2.16. The molecule has 2 aromatic carbocycles. The molecule has 0 aliphatic carbocycles. The van der Waals surface area contributed by atoms with Gasteiger partial charge in [-0.3, -0.25) is 0 Å². The molecule has 3 nitrogen and oxygen atoms in total. The number of halogens is 1. The van der Waals surface area contributed by atoms with Crippen LogP contribution in [0.15, 0.2) is 48.5 Å². The fraction of sp³-hybridized carbons (Fsp3) is 0. The monoisotopic (exact) mass is 231 g/mol. The van der Waals surface area contributed by atoms with E-state index in [0.717, 1.165) is 0 Å². The summed E-state index contributed by atoms with van der Waals surface area (Å²) in [6.07, 6.45) is 1.27. The lowest BCUT2D eigenvalue weighted by Gasteiger charge is -2.02. The number of phenols is 1. The van der Waals surface area contributed by atoms with Gasteiger partial charge in [0.25, 0.3) is 0 Å². The Morgan fingerprint density at radius 3 is 2.47 bits per heavy atom. The smallest absolute Gasteiger partial charge is 0.216 e. The normalized spacial score (nSPS) is 11.5. The zero-order valence-electron chi connectivity index (χ0n) is 8.88. The Morgan fingerprint density at radius 2 is 1.82 bits per heavy atom. The topological polar surface area (TPSA) is 46.3 Å². The third-order valence-corrected chi connectivity index (χ3v) is 2.22. The molecule has 0 radical (unpaired) electrons. The predicted octanol–water partition coefficient (Wildman–Crippen LogP) is 2.79. The first-order chi connectivity index (χ1) is 8.15. The SMILES string of the molecule is [O-][N+](=Cc1cccc(F)c1)c1ccc(O)cc1. The molecule has 2 rings (SSSR count). The molecule has 1 N–H and O–H groups in total. The molecule has 0 fully saturated rings. The first-order valence-corrected chi connectivity index (χ1v) is 5.01. The molecule has 0 amide bonds. The van der Waals surface area contributed by atoms with E-state index in [1.54, 1.807) is 6.07 Å².